The molecule has 0 amide bonds. The third-order valence-electron chi connectivity index (χ3n) is 2.58. The first-order valence-corrected chi connectivity index (χ1v) is 6.40. The third kappa shape index (κ3) is 3.94. The van der Waals surface area contributed by atoms with Crippen molar-refractivity contribution in [3.05, 3.63) is 58.9 Å². The molecule has 2 aromatic carbocycles. The van der Waals surface area contributed by atoms with Crippen molar-refractivity contribution in [2.75, 3.05) is 0 Å². The van der Waals surface area contributed by atoms with Gasteiger partial charge >= 0.3 is 0 Å². The molecule has 4 heteroatoms. The SMILES string of the molecule is CC(N)Cc1cccc(Oc2ccc(F)c(Cl)c2)c1. The van der Waals surface area contributed by atoms with Gasteiger partial charge in [0.1, 0.15) is 17.3 Å². The molecule has 1 atom stereocenters. The molecule has 2 rings (SSSR count). The van der Waals surface area contributed by atoms with Crippen LogP contribution in [0.25, 0.3) is 0 Å². The van der Waals surface area contributed by atoms with E-state index in [0.29, 0.717) is 11.5 Å². The number of rotatable bonds is 4. The van der Waals surface area contributed by atoms with E-state index in [0.717, 1.165) is 12.0 Å². The van der Waals surface area contributed by atoms with Gasteiger partial charge < -0.3 is 10.5 Å². The molecule has 0 heterocycles. The van der Waals surface area contributed by atoms with Gasteiger partial charge in [0.05, 0.1) is 5.02 Å². The topological polar surface area (TPSA) is 35.2 Å². The summed E-state index contributed by atoms with van der Waals surface area (Å²) in [6.07, 6.45) is 0.779. The van der Waals surface area contributed by atoms with Crippen molar-refractivity contribution in [2.24, 2.45) is 5.73 Å². The Hall–Kier alpha value is -1.58. The summed E-state index contributed by atoms with van der Waals surface area (Å²) in [6.45, 7) is 1.95. The van der Waals surface area contributed by atoms with E-state index in [1.54, 1.807) is 6.07 Å². The average Bonchev–Trinajstić information content (AvgIpc) is 2.33. The second-order valence-corrected chi connectivity index (χ2v) is 4.91. The average molecular weight is 280 g/mol. The molecule has 0 fully saturated rings. The van der Waals surface area contributed by atoms with Gasteiger partial charge in [-0.3, -0.25) is 0 Å². The first-order chi connectivity index (χ1) is 9.04. The van der Waals surface area contributed by atoms with Gasteiger partial charge in [0.15, 0.2) is 0 Å². The molecule has 0 aliphatic heterocycles. The molecular formula is C15H15ClFNO. The van der Waals surface area contributed by atoms with Gasteiger partial charge in [-0.1, -0.05) is 23.7 Å². The lowest BCUT2D eigenvalue weighted by Gasteiger charge is -2.09. The Morgan fingerprint density at radius 3 is 2.63 bits per heavy atom. The van der Waals surface area contributed by atoms with Crippen LogP contribution in [0.2, 0.25) is 5.02 Å². The van der Waals surface area contributed by atoms with Crippen LogP contribution in [0.3, 0.4) is 0 Å². The fourth-order valence-corrected chi connectivity index (χ4v) is 1.95. The summed E-state index contributed by atoms with van der Waals surface area (Å²) in [5.74, 6) is 0.727. The second kappa shape index (κ2) is 6.04. The smallest absolute Gasteiger partial charge is 0.142 e. The van der Waals surface area contributed by atoms with E-state index < -0.39 is 5.82 Å². The zero-order chi connectivity index (χ0) is 13.8. The zero-order valence-electron chi connectivity index (χ0n) is 10.6. The number of halogens is 2. The maximum Gasteiger partial charge on any atom is 0.142 e. The maximum atomic E-state index is 13.0. The molecule has 2 aromatic rings. The van der Waals surface area contributed by atoms with E-state index in [4.69, 9.17) is 22.1 Å². The Bertz CT molecular complexity index is 572. The molecule has 0 aromatic heterocycles. The lowest BCUT2D eigenvalue weighted by atomic mass is 10.1. The highest BCUT2D eigenvalue weighted by Crippen LogP contribution is 2.26. The van der Waals surface area contributed by atoms with Crippen molar-refractivity contribution in [3.8, 4) is 11.5 Å². The Morgan fingerprint density at radius 1 is 1.21 bits per heavy atom. The van der Waals surface area contributed by atoms with E-state index in [9.17, 15) is 4.39 Å². The Morgan fingerprint density at radius 2 is 1.95 bits per heavy atom. The van der Waals surface area contributed by atoms with Crippen LogP contribution in [0.1, 0.15) is 12.5 Å². The van der Waals surface area contributed by atoms with Crippen molar-refractivity contribution < 1.29 is 9.13 Å². The monoisotopic (exact) mass is 279 g/mol. The second-order valence-electron chi connectivity index (χ2n) is 4.51. The van der Waals surface area contributed by atoms with Gasteiger partial charge in [0.2, 0.25) is 0 Å². The normalized spacial score (nSPS) is 12.2. The van der Waals surface area contributed by atoms with Crippen molar-refractivity contribution >= 4 is 11.6 Å². The predicted molar refractivity (Wildman–Crippen MR) is 75.3 cm³/mol. The predicted octanol–water partition coefficient (Wildman–Crippen LogP) is 4.16. The molecule has 0 radical (unpaired) electrons. The van der Waals surface area contributed by atoms with Crippen LogP contribution >= 0.6 is 11.6 Å². The van der Waals surface area contributed by atoms with Gasteiger partial charge in [0.25, 0.3) is 0 Å². The van der Waals surface area contributed by atoms with Crippen molar-refractivity contribution in [3.63, 3.8) is 0 Å². The number of benzene rings is 2. The lowest BCUT2D eigenvalue weighted by molar-refractivity contribution is 0.479. The van der Waals surface area contributed by atoms with Crippen LogP contribution in [-0.4, -0.2) is 6.04 Å². The van der Waals surface area contributed by atoms with Gasteiger partial charge in [-0.15, -0.1) is 0 Å². The van der Waals surface area contributed by atoms with Crippen LogP contribution in [0, 0.1) is 5.82 Å². The molecule has 0 saturated carbocycles. The van der Waals surface area contributed by atoms with Crippen LogP contribution in [-0.2, 0) is 6.42 Å². The highest BCUT2D eigenvalue weighted by atomic mass is 35.5. The standard InChI is InChI=1S/C15H15ClFNO/c1-10(18)7-11-3-2-4-12(8-11)19-13-5-6-15(17)14(16)9-13/h2-6,8-10H,7,18H2,1H3. The summed E-state index contributed by atoms with van der Waals surface area (Å²) in [6, 6.07) is 12.0. The quantitative estimate of drug-likeness (QED) is 0.912. The van der Waals surface area contributed by atoms with Gasteiger partial charge in [-0.05, 0) is 43.2 Å². The summed E-state index contributed by atoms with van der Waals surface area (Å²) >= 11 is 5.71. The van der Waals surface area contributed by atoms with E-state index in [1.807, 2.05) is 31.2 Å². The van der Waals surface area contributed by atoms with E-state index >= 15 is 0 Å². The molecule has 0 spiro atoms. The number of nitrogens with two attached hydrogens (primary N) is 1. The molecular weight excluding hydrogens is 265 g/mol. The molecule has 2 N–H and O–H groups in total. The van der Waals surface area contributed by atoms with Crippen LogP contribution < -0.4 is 10.5 Å². The fraction of sp³-hybridized carbons (Fsp3) is 0.200. The van der Waals surface area contributed by atoms with Gasteiger partial charge in [-0.2, -0.15) is 0 Å². The largest absolute Gasteiger partial charge is 0.457 e. The molecule has 100 valence electrons. The van der Waals surface area contributed by atoms with Crippen molar-refractivity contribution in [2.45, 2.75) is 19.4 Å². The van der Waals surface area contributed by atoms with E-state index in [1.165, 1.54) is 12.1 Å². The minimum atomic E-state index is -0.459. The summed E-state index contributed by atoms with van der Waals surface area (Å²) < 4.78 is 18.7. The first-order valence-electron chi connectivity index (χ1n) is 6.02. The minimum absolute atomic E-state index is 0.0456. The first kappa shape index (κ1) is 13.8. The van der Waals surface area contributed by atoms with E-state index in [2.05, 4.69) is 0 Å². The third-order valence-corrected chi connectivity index (χ3v) is 2.87. The molecule has 0 saturated heterocycles. The van der Waals surface area contributed by atoms with Crippen LogP contribution in [0.5, 0.6) is 11.5 Å². The number of ether oxygens (including phenoxy) is 1. The summed E-state index contributed by atoms with van der Waals surface area (Å²) in [5.41, 5.74) is 6.86. The molecule has 0 aliphatic carbocycles. The summed E-state index contributed by atoms with van der Waals surface area (Å²) in [4.78, 5) is 0. The maximum absolute atomic E-state index is 13.0. The fourth-order valence-electron chi connectivity index (χ4n) is 1.78. The molecule has 19 heavy (non-hydrogen) atoms. The summed E-state index contributed by atoms with van der Waals surface area (Å²) in [5, 5.41) is 0.0456. The molecule has 0 aliphatic rings. The number of hydrogen-bond donors (Lipinski definition) is 1. The highest BCUT2D eigenvalue weighted by Gasteiger charge is 2.04. The van der Waals surface area contributed by atoms with Gasteiger partial charge in [-0.25, -0.2) is 4.39 Å². The highest BCUT2D eigenvalue weighted by molar-refractivity contribution is 6.30. The van der Waals surface area contributed by atoms with E-state index in [-0.39, 0.29) is 11.1 Å². The minimum Gasteiger partial charge on any atom is -0.457 e. The Labute approximate surface area is 117 Å². The number of hydrogen-bond acceptors (Lipinski definition) is 2. The van der Waals surface area contributed by atoms with Crippen LogP contribution in [0.4, 0.5) is 4.39 Å². The molecule has 2 nitrogen and oxygen atoms in total. The Balaban J connectivity index is 2.16. The van der Waals surface area contributed by atoms with Crippen molar-refractivity contribution in [1.29, 1.82) is 0 Å². The van der Waals surface area contributed by atoms with Gasteiger partial charge in [0, 0.05) is 12.1 Å². The zero-order valence-corrected chi connectivity index (χ0v) is 11.3. The summed E-state index contributed by atoms with van der Waals surface area (Å²) in [7, 11) is 0. The lowest BCUT2D eigenvalue weighted by Crippen LogP contribution is -2.17. The molecule has 1 unspecified atom stereocenters. The van der Waals surface area contributed by atoms with Crippen LogP contribution in [0.15, 0.2) is 42.5 Å². The Kier molecular flexibility index (Phi) is 4.40. The van der Waals surface area contributed by atoms with Crippen molar-refractivity contribution in [1.82, 2.24) is 0 Å². The molecule has 0 bridgehead atoms.